The normalized spacial score (nSPS) is 20.5. The molecule has 0 unspecified atom stereocenters. The van der Waals surface area contributed by atoms with Gasteiger partial charge in [-0.15, -0.1) is 0 Å². The summed E-state index contributed by atoms with van der Waals surface area (Å²) < 4.78 is 5.23. The largest absolute Gasteiger partial charge is 0.361 e. The van der Waals surface area contributed by atoms with Gasteiger partial charge in [0.1, 0.15) is 5.76 Å². The van der Waals surface area contributed by atoms with E-state index in [4.69, 9.17) is 4.52 Å². The van der Waals surface area contributed by atoms with Crippen LogP contribution < -0.4 is 0 Å². The topological polar surface area (TPSA) is 52.8 Å². The molecule has 0 radical (unpaired) electrons. The minimum Gasteiger partial charge on any atom is -0.361 e. The second kappa shape index (κ2) is 6.69. The maximum Gasteiger partial charge on any atom is 0.320 e. The molecule has 0 aromatic carbocycles. The lowest BCUT2D eigenvalue weighted by atomic mass is 10.1. The van der Waals surface area contributed by atoms with E-state index >= 15 is 0 Å². The van der Waals surface area contributed by atoms with Gasteiger partial charge >= 0.3 is 6.03 Å². The number of nitrogens with zero attached hydrogens (tertiary/aromatic N) is 4. The molecule has 2 saturated heterocycles. The van der Waals surface area contributed by atoms with Crippen LogP contribution in [0.3, 0.4) is 0 Å². The standard InChI is InChI=1S/C16H26N4O2/c1-13-15(14(2)22-17-13)12-18-8-10-20(11-9-18)16(21)19-6-4-3-5-7-19/h3-12H2,1-2H3. The molecule has 2 aliphatic rings. The van der Waals surface area contributed by atoms with E-state index in [1.165, 1.54) is 12.0 Å². The van der Waals surface area contributed by atoms with Crippen molar-refractivity contribution in [1.82, 2.24) is 19.9 Å². The van der Waals surface area contributed by atoms with Gasteiger partial charge in [-0.05, 0) is 33.1 Å². The number of carbonyl (C=O) groups excluding carboxylic acids is 1. The molecule has 1 aromatic rings. The van der Waals surface area contributed by atoms with Crippen LogP contribution in [0, 0.1) is 13.8 Å². The van der Waals surface area contributed by atoms with Crippen molar-refractivity contribution < 1.29 is 9.32 Å². The number of rotatable bonds is 2. The molecule has 6 nitrogen and oxygen atoms in total. The van der Waals surface area contributed by atoms with E-state index in [0.717, 1.165) is 70.1 Å². The first-order valence-corrected chi connectivity index (χ1v) is 8.33. The van der Waals surface area contributed by atoms with Gasteiger partial charge in [0.2, 0.25) is 0 Å². The van der Waals surface area contributed by atoms with Gasteiger partial charge in [0.15, 0.2) is 0 Å². The lowest BCUT2D eigenvalue weighted by Crippen LogP contribution is -2.53. The molecule has 0 N–H and O–H groups in total. The van der Waals surface area contributed by atoms with Crippen molar-refractivity contribution in [2.75, 3.05) is 39.3 Å². The van der Waals surface area contributed by atoms with Crippen molar-refractivity contribution in [2.45, 2.75) is 39.7 Å². The summed E-state index contributed by atoms with van der Waals surface area (Å²) in [6, 6.07) is 0.233. The molecule has 2 amide bonds. The van der Waals surface area contributed by atoms with Crippen LogP contribution in [0.1, 0.15) is 36.3 Å². The third-order valence-corrected chi connectivity index (χ3v) is 4.83. The van der Waals surface area contributed by atoms with Gasteiger partial charge in [-0.2, -0.15) is 0 Å². The highest BCUT2D eigenvalue weighted by molar-refractivity contribution is 5.74. The minimum absolute atomic E-state index is 0.233. The Labute approximate surface area is 132 Å². The first-order valence-electron chi connectivity index (χ1n) is 8.33. The Kier molecular flexibility index (Phi) is 4.66. The Morgan fingerprint density at radius 3 is 2.23 bits per heavy atom. The highest BCUT2D eigenvalue weighted by Crippen LogP contribution is 2.17. The number of hydrogen-bond donors (Lipinski definition) is 0. The summed E-state index contributed by atoms with van der Waals surface area (Å²) in [5, 5.41) is 4.01. The van der Waals surface area contributed by atoms with Crippen LogP contribution in [-0.4, -0.2) is 65.2 Å². The summed E-state index contributed by atoms with van der Waals surface area (Å²) in [6.45, 7) is 10.2. The van der Waals surface area contributed by atoms with Crippen LogP contribution in [-0.2, 0) is 6.54 Å². The van der Waals surface area contributed by atoms with E-state index in [9.17, 15) is 4.79 Å². The zero-order valence-corrected chi connectivity index (χ0v) is 13.7. The molecule has 0 aliphatic carbocycles. The maximum atomic E-state index is 12.5. The van der Waals surface area contributed by atoms with Crippen molar-refractivity contribution >= 4 is 6.03 Å². The Morgan fingerprint density at radius 1 is 1.00 bits per heavy atom. The van der Waals surface area contributed by atoms with Crippen LogP contribution in [0.5, 0.6) is 0 Å². The fourth-order valence-electron chi connectivity index (χ4n) is 3.33. The highest BCUT2D eigenvalue weighted by Gasteiger charge is 2.26. The zero-order chi connectivity index (χ0) is 15.5. The molecule has 3 rings (SSSR count). The molecule has 0 bridgehead atoms. The van der Waals surface area contributed by atoms with E-state index in [1.807, 2.05) is 23.6 Å². The SMILES string of the molecule is Cc1noc(C)c1CN1CCN(C(=O)N2CCCCC2)CC1. The first kappa shape index (κ1) is 15.3. The molecule has 0 saturated carbocycles. The second-order valence-corrected chi connectivity index (χ2v) is 6.40. The third-order valence-electron chi connectivity index (χ3n) is 4.83. The van der Waals surface area contributed by atoms with Gasteiger partial charge in [0.25, 0.3) is 0 Å². The van der Waals surface area contributed by atoms with Crippen LogP contribution in [0.4, 0.5) is 4.79 Å². The second-order valence-electron chi connectivity index (χ2n) is 6.40. The molecule has 1 aromatic heterocycles. The van der Waals surface area contributed by atoms with Crippen LogP contribution in [0.25, 0.3) is 0 Å². The number of aromatic nitrogens is 1. The average Bonchev–Trinajstić information content (AvgIpc) is 2.88. The fourth-order valence-corrected chi connectivity index (χ4v) is 3.33. The van der Waals surface area contributed by atoms with Gasteiger partial charge < -0.3 is 14.3 Å². The van der Waals surface area contributed by atoms with Crippen LogP contribution in [0.15, 0.2) is 4.52 Å². The molecule has 22 heavy (non-hydrogen) atoms. The summed E-state index contributed by atoms with van der Waals surface area (Å²) in [7, 11) is 0. The van der Waals surface area contributed by atoms with E-state index in [1.54, 1.807) is 0 Å². The van der Waals surface area contributed by atoms with Crippen molar-refractivity contribution in [3.05, 3.63) is 17.0 Å². The summed E-state index contributed by atoms with van der Waals surface area (Å²) in [6.07, 6.45) is 3.56. The molecule has 0 spiro atoms. The van der Waals surface area contributed by atoms with Crippen LogP contribution >= 0.6 is 0 Å². The molecule has 122 valence electrons. The molecule has 3 heterocycles. The Bertz CT molecular complexity index is 495. The summed E-state index contributed by atoms with van der Waals surface area (Å²) in [4.78, 5) is 18.9. The predicted octanol–water partition coefficient (Wildman–Crippen LogP) is 2.01. The zero-order valence-electron chi connectivity index (χ0n) is 13.7. The minimum atomic E-state index is 0.233. The lowest BCUT2D eigenvalue weighted by Gasteiger charge is -2.38. The van der Waals surface area contributed by atoms with E-state index < -0.39 is 0 Å². The summed E-state index contributed by atoms with van der Waals surface area (Å²) in [5.41, 5.74) is 2.17. The number of likely N-dealkylation sites (tertiary alicyclic amines) is 1. The quantitative estimate of drug-likeness (QED) is 0.839. The van der Waals surface area contributed by atoms with Crippen molar-refractivity contribution in [2.24, 2.45) is 0 Å². The Hall–Kier alpha value is -1.56. The fraction of sp³-hybridized carbons (Fsp3) is 0.750. The number of carbonyl (C=O) groups is 1. The highest BCUT2D eigenvalue weighted by atomic mass is 16.5. The monoisotopic (exact) mass is 306 g/mol. The number of urea groups is 1. The van der Waals surface area contributed by atoms with Gasteiger partial charge in [-0.1, -0.05) is 5.16 Å². The third kappa shape index (κ3) is 3.27. The number of amides is 2. The maximum absolute atomic E-state index is 12.5. The van der Waals surface area contributed by atoms with Crippen molar-refractivity contribution in [3.8, 4) is 0 Å². The number of hydrogen-bond acceptors (Lipinski definition) is 4. The number of aryl methyl sites for hydroxylation is 2. The van der Waals surface area contributed by atoms with Crippen LogP contribution in [0.2, 0.25) is 0 Å². The van der Waals surface area contributed by atoms with Gasteiger partial charge in [-0.3, -0.25) is 4.90 Å². The van der Waals surface area contributed by atoms with Crippen molar-refractivity contribution in [1.29, 1.82) is 0 Å². The van der Waals surface area contributed by atoms with Gasteiger partial charge in [-0.25, -0.2) is 4.79 Å². The Balaban J connectivity index is 1.51. The van der Waals surface area contributed by atoms with Gasteiger partial charge in [0.05, 0.1) is 5.69 Å². The molecule has 2 fully saturated rings. The lowest BCUT2D eigenvalue weighted by molar-refractivity contribution is 0.104. The first-order chi connectivity index (χ1) is 10.6. The van der Waals surface area contributed by atoms with Gasteiger partial charge in [0, 0.05) is 51.4 Å². The Morgan fingerprint density at radius 2 is 1.64 bits per heavy atom. The van der Waals surface area contributed by atoms with E-state index in [0.29, 0.717) is 0 Å². The van der Waals surface area contributed by atoms with E-state index in [-0.39, 0.29) is 6.03 Å². The molecular weight excluding hydrogens is 280 g/mol. The predicted molar refractivity (Wildman–Crippen MR) is 83.6 cm³/mol. The molecule has 2 aliphatic heterocycles. The molecular formula is C16H26N4O2. The number of piperidine rings is 1. The van der Waals surface area contributed by atoms with E-state index in [2.05, 4.69) is 10.1 Å². The van der Waals surface area contributed by atoms with Crippen molar-refractivity contribution in [3.63, 3.8) is 0 Å². The average molecular weight is 306 g/mol. The summed E-state index contributed by atoms with van der Waals surface area (Å²) >= 11 is 0. The number of piperazine rings is 1. The molecule has 6 heteroatoms. The summed E-state index contributed by atoms with van der Waals surface area (Å²) in [5.74, 6) is 0.907. The smallest absolute Gasteiger partial charge is 0.320 e. The molecule has 0 atom stereocenters.